The fraction of sp³-hybridized carbons (Fsp3) is 0.333. The van der Waals surface area contributed by atoms with E-state index in [1.54, 1.807) is 20.3 Å². The van der Waals surface area contributed by atoms with E-state index in [0.717, 1.165) is 72.7 Å². The summed E-state index contributed by atoms with van der Waals surface area (Å²) in [4.78, 5) is 13.9. The number of aryl methyl sites for hydroxylation is 1. The summed E-state index contributed by atoms with van der Waals surface area (Å²) in [5.74, 6) is 3.44. The molecular formula is C33H32N2O6. The fourth-order valence-corrected chi connectivity index (χ4v) is 7.18. The van der Waals surface area contributed by atoms with Crippen LogP contribution >= 0.6 is 0 Å². The average Bonchev–Trinajstić information content (AvgIpc) is 3.46. The second-order valence-electron chi connectivity index (χ2n) is 11.0. The van der Waals surface area contributed by atoms with Crippen LogP contribution in [-0.2, 0) is 19.4 Å². The minimum atomic E-state index is -0.298. The second kappa shape index (κ2) is 10.3. The Labute approximate surface area is 238 Å². The van der Waals surface area contributed by atoms with E-state index in [1.807, 2.05) is 36.4 Å². The zero-order chi connectivity index (χ0) is 28.1. The first-order valence-electron chi connectivity index (χ1n) is 14.1. The molecule has 0 fully saturated rings. The van der Waals surface area contributed by atoms with Gasteiger partial charge in [0.2, 0.25) is 6.79 Å². The highest BCUT2D eigenvalue weighted by Crippen LogP contribution is 2.53. The maximum atomic E-state index is 11.6. The lowest BCUT2D eigenvalue weighted by Gasteiger charge is -2.46. The third kappa shape index (κ3) is 4.25. The third-order valence-electron chi connectivity index (χ3n) is 8.99. The number of rotatable bonds is 7. The summed E-state index contributed by atoms with van der Waals surface area (Å²) in [7, 11) is 3.40. The van der Waals surface area contributed by atoms with Gasteiger partial charge in [-0.05, 0) is 77.6 Å². The van der Waals surface area contributed by atoms with Gasteiger partial charge in [0.25, 0.3) is 5.69 Å². The van der Waals surface area contributed by atoms with Crippen LogP contribution in [0.4, 0.5) is 5.69 Å². The molecule has 0 N–H and O–H groups in total. The van der Waals surface area contributed by atoms with Crippen molar-refractivity contribution in [2.24, 2.45) is 0 Å². The van der Waals surface area contributed by atoms with Crippen LogP contribution in [0.2, 0.25) is 0 Å². The number of benzene rings is 4. The largest absolute Gasteiger partial charge is 0.493 e. The van der Waals surface area contributed by atoms with Gasteiger partial charge in [0.1, 0.15) is 0 Å². The number of nitrogens with zero attached hydrogens (tertiary/aromatic N) is 2. The summed E-state index contributed by atoms with van der Waals surface area (Å²) in [5.41, 5.74) is 6.41. The molecule has 4 aromatic carbocycles. The van der Waals surface area contributed by atoms with Crippen molar-refractivity contribution >= 4 is 16.5 Å². The number of nitro groups is 1. The standard InChI is InChI=1S/C33H32N2O6/c1-38-29-13-11-23-25(9-5-6-20-10-12-28(35(36)37)24-8-4-3-7-22(20)24)32-26-17-31-30(40-19-41-31)16-21(26)14-15-34(32)18-27(23)33(29)39-2/h3-4,7-8,10-13,16-17,25,32H,5-6,9,14-15,18-19H2,1-2H3. The summed E-state index contributed by atoms with van der Waals surface area (Å²) in [6.07, 6.45) is 3.66. The smallest absolute Gasteiger partial charge is 0.277 e. The Bertz CT molecular complexity index is 1670. The molecule has 41 heavy (non-hydrogen) atoms. The quantitative estimate of drug-likeness (QED) is 0.186. The van der Waals surface area contributed by atoms with Crippen molar-refractivity contribution in [2.75, 3.05) is 27.6 Å². The molecule has 0 saturated heterocycles. The van der Waals surface area contributed by atoms with Crippen LogP contribution < -0.4 is 18.9 Å². The molecule has 3 aliphatic heterocycles. The number of hydrogen-bond donors (Lipinski definition) is 0. The molecule has 0 spiro atoms. The molecule has 0 bridgehead atoms. The van der Waals surface area contributed by atoms with E-state index in [9.17, 15) is 10.1 Å². The van der Waals surface area contributed by atoms with E-state index < -0.39 is 0 Å². The Hall–Kier alpha value is -4.30. The topological polar surface area (TPSA) is 83.3 Å². The molecular weight excluding hydrogens is 520 g/mol. The molecule has 3 aliphatic rings. The number of fused-ring (bicyclic) bond motifs is 6. The van der Waals surface area contributed by atoms with Crippen molar-refractivity contribution < 1.29 is 23.9 Å². The zero-order valence-corrected chi connectivity index (χ0v) is 23.2. The van der Waals surface area contributed by atoms with Crippen LogP contribution in [0.3, 0.4) is 0 Å². The average molecular weight is 553 g/mol. The molecule has 0 aromatic heterocycles. The van der Waals surface area contributed by atoms with Gasteiger partial charge in [-0.15, -0.1) is 0 Å². The minimum absolute atomic E-state index is 0.153. The van der Waals surface area contributed by atoms with E-state index in [0.29, 0.717) is 5.39 Å². The molecule has 0 amide bonds. The van der Waals surface area contributed by atoms with Crippen molar-refractivity contribution in [1.82, 2.24) is 4.90 Å². The van der Waals surface area contributed by atoms with Crippen LogP contribution in [0.25, 0.3) is 10.8 Å². The van der Waals surface area contributed by atoms with Crippen molar-refractivity contribution in [2.45, 2.75) is 44.2 Å². The van der Waals surface area contributed by atoms with Crippen molar-refractivity contribution in [3.63, 3.8) is 0 Å². The van der Waals surface area contributed by atoms with Gasteiger partial charge >= 0.3 is 0 Å². The van der Waals surface area contributed by atoms with Crippen molar-refractivity contribution in [1.29, 1.82) is 0 Å². The van der Waals surface area contributed by atoms with Crippen LogP contribution in [0.5, 0.6) is 23.0 Å². The number of methoxy groups -OCH3 is 2. The molecule has 0 aliphatic carbocycles. The molecule has 0 saturated carbocycles. The number of ether oxygens (including phenoxy) is 4. The van der Waals surface area contributed by atoms with Crippen LogP contribution in [0.1, 0.15) is 52.6 Å². The van der Waals surface area contributed by atoms with E-state index in [1.165, 1.54) is 22.3 Å². The van der Waals surface area contributed by atoms with Crippen LogP contribution in [0.15, 0.2) is 60.7 Å². The van der Waals surface area contributed by atoms with Gasteiger partial charge in [0.05, 0.1) is 24.5 Å². The Morgan fingerprint density at radius 1 is 0.976 bits per heavy atom. The SMILES string of the molecule is COc1ccc2c(c1OC)CN1CCc3cc4c(cc3C1C2CCCc1ccc([N+](=O)[O-])c2ccccc12)OCO4. The summed E-state index contributed by atoms with van der Waals surface area (Å²) in [5, 5.41) is 13.3. The monoisotopic (exact) mass is 552 g/mol. The first-order chi connectivity index (χ1) is 20.1. The Morgan fingerprint density at radius 2 is 1.78 bits per heavy atom. The van der Waals surface area contributed by atoms with Gasteiger partial charge in [-0.1, -0.05) is 30.3 Å². The van der Waals surface area contributed by atoms with Gasteiger partial charge in [0, 0.05) is 36.7 Å². The normalized spacial score (nSPS) is 18.9. The third-order valence-corrected chi connectivity index (χ3v) is 8.99. The van der Waals surface area contributed by atoms with Crippen LogP contribution in [-0.4, -0.2) is 37.4 Å². The predicted octanol–water partition coefficient (Wildman–Crippen LogP) is 6.71. The highest BCUT2D eigenvalue weighted by molar-refractivity contribution is 5.93. The van der Waals surface area contributed by atoms with Gasteiger partial charge in [-0.3, -0.25) is 15.0 Å². The first-order valence-corrected chi connectivity index (χ1v) is 14.1. The molecule has 7 rings (SSSR count). The van der Waals surface area contributed by atoms with Gasteiger partial charge < -0.3 is 18.9 Å². The molecule has 2 atom stereocenters. The highest BCUT2D eigenvalue weighted by atomic mass is 16.7. The van der Waals surface area contributed by atoms with Gasteiger partial charge in [-0.2, -0.15) is 0 Å². The zero-order valence-electron chi connectivity index (χ0n) is 23.2. The lowest BCUT2D eigenvalue weighted by Crippen LogP contribution is -2.42. The second-order valence-corrected chi connectivity index (χ2v) is 11.0. The predicted molar refractivity (Wildman–Crippen MR) is 155 cm³/mol. The minimum Gasteiger partial charge on any atom is -0.493 e. The summed E-state index contributed by atoms with van der Waals surface area (Å²) in [6.45, 7) is 2.00. The maximum absolute atomic E-state index is 11.6. The number of non-ortho nitro benzene ring substituents is 1. The maximum Gasteiger partial charge on any atom is 0.277 e. The van der Waals surface area contributed by atoms with Crippen molar-refractivity contribution in [3.05, 3.63) is 98.6 Å². The molecule has 3 heterocycles. The Balaban J connectivity index is 1.26. The molecule has 0 radical (unpaired) electrons. The summed E-state index contributed by atoms with van der Waals surface area (Å²) < 4.78 is 23.1. The van der Waals surface area contributed by atoms with Gasteiger partial charge in [0.15, 0.2) is 23.0 Å². The summed E-state index contributed by atoms with van der Waals surface area (Å²) in [6, 6.07) is 20.0. The Kier molecular flexibility index (Phi) is 6.43. The van der Waals surface area contributed by atoms with Crippen molar-refractivity contribution in [3.8, 4) is 23.0 Å². The van der Waals surface area contributed by atoms with Gasteiger partial charge in [-0.25, -0.2) is 0 Å². The molecule has 8 nitrogen and oxygen atoms in total. The van der Waals surface area contributed by atoms with E-state index in [4.69, 9.17) is 18.9 Å². The van der Waals surface area contributed by atoms with E-state index in [-0.39, 0.29) is 29.4 Å². The van der Waals surface area contributed by atoms with Crippen LogP contribution in [0, 0.1) is 10.1 Å². The molecule has 210 valence electrons. The molecule has 2 unspecified atom stereocenters. The Morgan fingerprint density at radius 3 is 2.56 bits per heavy atom. The number of hydrogen-bond acceptors (Lipinski definition) is 7. The lowest BCUT2D eigenvalue weighted by molar-refractivity contribution is -0.383. The summed E-state index contributed by atoms with van der Waals surface area (Å²) >= 11 is 0. The fourth-order valence-electron chi connectivity index (χ4n) is 7.18. The molecule has 4 aromatic rings. The highest BCUT2D eigenvalue weighted by Gasteiger charge is 2.41. The number of nitro benzene ring substituents is 1. The molecule has 8 heteroatoms. The van der Waals surface area contributed by atoms with E-state index in [2.05, 4.69) is 23.1 Å². The lowest BCUT2D eigenvalue weighted by atomic mass is 9.74. The van der Waals surface area contributed by atoms with E-state index >= 15 is 0 Å². The first kappa shape index (κ1) is 25.7.